The second-order valence-electron chi connectivity index (χ2n) is 10.1. The van der Waals surface area contributed by atoms with Gasteiger partial charge in [0.2, 0.25) is 0 Å². The van der Waals surface area contributed by atoms with Crippen LogP contribution in [0.3, 0.4) is 0 Å². The molecule has 0 unspecified atom stereocenters. The Balaban J connectivity index is 2.98. The van der Waals surface area contributed by atoms with Gasteiger partial charge in [-0.1, -0.05) is 64.7 Å². The standard InChI is InChI=1S/C17H36Cl2O4Si2/c1-15(2,3)24(7,8)21-11-12-13(17(18,19)14(20)22-12)23-25(9,10)16(4,5)6/h12-14,20H,11H2,1-10H3/t12-,13-,14+/m1/s1. The van der Waals surface area contributed by atoms with Gasteiger partial charge in [0, 0.05) is 0 Å². The molecule has 1 heterocycles. The van der Waals surface area contributed by atoms with Crippen LogP contribution in [-0.2, 0) is 13.6 Å². The van der Waals surface area contributed by atoms with Crippen molar-refractivity contribution in [1.29, 1.82) is 0 Å². The minimum absolute atomic E-state index is 0.00472. The lowest BCUT2D eigenvalue weighted by Crippen LogP contribution is -2.52. The molecule has 0 aromatic heterocycles. The Morgan fingerprint density at radius 3 is 1.80 bits per heavy atom. The van der Waals surface area contributed by atoms with Gasteiger partial charge < -0.3 is 18.7 Å². The smallest absolute Gasteiger partial charge is 0.195 e. The number of aliphatic hydroxyl groups excluding tert-OH is 1. The van der Waals surface area contributed by atoms with Crippen LogP contribution in [0.15, 0.2) is 0 Å². The van der Waals surface area contributed by atoms with Crippen molar-refractivity contribution in [3.63, 3.8) is 0 Å². The highest BCUT2D eigenvalue weighted by atomic mass is 35.5. The third-order valence-corrected chi connectivity index (χ3v) is 15.8. The van der Waals surface area contributed by atoms with Gasteiger partial charge in [0.05, 0.1) is 6.61 Å². The van der Waals surface area contributed by atoms with Crippen molar-refractivity contribution >= 4 is 39.8 Å². The van der Waals surface area contributed by atoms with E-state index in [4.69, 9.17) is 36.8 Å². The van der Waals surface area contributed by atoms with E-state index in [1.165, 1.54) is 0 Å². The molecule has 0 aromatic carbocycles. The molecule has 1 saturated heterocycles. The van der Waals surface area contributed by atoms with E-state index in [1.807, 2.05) is 0 Å². The largest absolute Gasteiger partial charge is 0.414 e. The zero-order chi connectivity index (χ0) is 20.1. The van der Waals surface area contributed by atoms with Crippen molar-refractivity contribution in [1.82, 2.24) is 0 Å². The zero-order valence-electron chi connectivity index (χ0n) is 17.4. The maximum absolute atomic E-state index is 10.2. The lowest BCUT2D eigenvalue weighted by molar-refractivity contribution is -0.107. The summed E-state index contributed by atoms with van der Waals surface area (Å²) in [5, 5.41) is 10.3. The van der Waals surface area contributed by atoms with E-state index in [2.05, 4.69) is 67.7 Å². The summed E-state index contributed by atoms with van der Waals surface area (Å²) in [6, 6.07) is 0. The van der Waals surface area contributed by atoms with E-state index in [0.29, 0.717) is 6.61 Å². The maximum Gasteiger partial charge on any atom is 0.195 e. The Labute approximate surface area is 165 Å². The van der Waals surface area contributed by atoms with Gasteiger partial charge in [0.25, 0.3) is 0 Å². The van der Waals surface area contributed by atoms with Gasteiger partial charge in [-0.3, -0.25) is 0 Å². The number of alkyl halides is 2. The molecule has 1 rings (SSSR count). The van der Waals surface area contributed by atoms with E-state index in [-0.39, 0.29) is 10.1 Å². The number of aliphatic hydroxyl groups is 1. The average molecular weight is 432 g/mol. The molecule has 25 heavy (non-hydrogen) atoms. The van der Waals surface area contributed by atoms with Gasteiger partial charge >= 0.3 is 0 Å². The molecule has 0 amide bonds. The highest BCUT2D eigenvalue weighted by Gasteiger charge is 2.58. The number of rotatable bonds is 5. The third kappa shape index (κ3) is 5.22. The summed E-state index contributed by atoms with van der Waals surface area (Å²) < 4.78 is 16.8. The van der Waals surface area contributed by atoms with Crippen LogP contribution in [0.1, 0.15) is 41.5 Å². The molecule has 0 radical (unpaired) electrons. The van der Waals surface area contributed by atoms with Crippen LogP contribution in [0.25, 0.3) is 0 Å². The summed E-state index contributed by atoms with van der Waals surface area (Å²) in [5.41, 5.74) is 0. The van der Waals surface area contributed by atoms with Crippen LogP contribution in [0.5, 0.6) is 0 Å². The molecule has 0 aliphatic carbocycles. The van der Waals surface area contributed by atoms with Crippen molar-refractivity contribution in [3.05, 3.63) is 0 Å². The fourth-order valence-electron chi connectivity index (χ4n) is 2.00. The van der Waals surface area contributed by atoms with Gasteiger partial charge in [0.15, 0.2) is 27.3 Å². The van der Waals surface area contributed by atoms with E-state index >= 15 is 0 Å². The maximum atomic E-state index is 10.2. The lowest BCUT2D eigenvalue weighted by Gasteiger charge is -2.42. The first-order valence-corrected chi connectivity index (χ1v) is 15.4. The molecule has 0 aromatic rings. The Kier molecular flexibility index (Phi) is 7.03. The first kappa shape index (κ1) is 23.9. The summed E-state index contributed by atoms with van der Waals surface area (Å²) >= 11 is 12.8. The summed E-state index contributed by atoms with van der Waals surface area (Å²) in [5.74, 6) is 0. The van der Waals surface area contributed by atoms with Crippen molar-refractivity contribution < 1.29 is 18.7 Å². The Hall–Kier alpha value is 0.854. The van der Waals surface area contributed by atoms with Gasteiger partial charge in [-0.05, 0) is 36.3 Å². The van der Waals surface area contributed by atoms with Crippen LogP contribution in [0.4, 0.5) is 0 Å². The van der Waals surface area contributed by atoms with Gasteiger partial charge in [-0.25, -0.2) is 0 Å². The molecule has 0 bridgehead atoms. The van der Waals surface area contributed by atoms with Crippen LogP contribution >= 0.6 is 23.2 Å². The quantitative estimate of drug-likeness (QED) is 0.475. The lowest BCUT2D eigenvalue weighted by atomic mass is 10.2. The topological polar surface area (TPSA) is 47.9 Å². The first-order valence-electron chi connectivity index (χ1n) is 8.86. The molecule has 0 saturated carbocycles. The molecular weight excluding hydrogens is 395 g/mol. The number of hydrogen-bond acceptors (Lipinski definition) is 4. The van der Waals surface area contributed by atoms with Crippen molar-refractivity contribution in [2.75, 3.05) is 6.61 Å². The van der Waals surface area contributed by atoms with Gasteiger partial charge in [-0.15, -0.1) is 0 Å². The van der Waals surface area contributed by atoms with E-state index < -0.39 is 39.5 Å². The molecule has 3 atom stereocenters. The van der Waals surface area contributed by atoms with E-state index in [0.717, 1.165) is 0 Å². The average Bonchev–Trinajstić information content (AvgIpc) is 2.57. The molecule has 8 heteroatoms. The third-order valence-electron chi connectivity index (χ3n) is 5.99. The second-order valence-corrected chi connectivity index (χ2v) is 21.1. The first-order chi connectivity index (χ1) is 10.8. The molecular formula is C17H36Cl2O4Si2. The predicted molar refractivity (Wildman–Crippen MR) is 111 cm³/mol. The number of hydrogen-bond donors (Lipinski definition) is 1. The highest BCUT2D eigenvalue weighted by Crippen LogP contribution is 2.47. The monoisotopic (exact) mass is 430 g/mol. The van der Waals surface area contributed by atoms with Crippen LogP contribution in [-0.4, -0.2) is 51.2 Å². The predicted octanol–water partition coefficient (Wildman–Crippen LogP) is 5.29. The molecule has 4 nitrogen and oxygen atoms in total. The second kappa shape index (κ2) is 7.35. The van der Waals surface area contributed by atoms with E-state index in [9.17, 15) is 5.11 Å². The Morgan fingerprint density at radius 1 is 0.960 bits per heavy atom. The van der Waals surface area contributed by atoms with E-state index in [1.54, 1.807) is 0 Å². The fraction of sp³-hybridized carbons (Fsp3) is 1.00. The normalized spacial score (nSPS) is 28.4. The molecule has 1 fully saturated rings. The Bertz CT molecular complexity index is 470. The summed E-state index contributed by atoms with van der Waals surface area (Å²) in [4.78, 5) is 0. The van der Waals surface area contributed by atoms with Crippen LogP contribution in [0.2, 0.25) is 36.3 Å². The minimum atomic E-state index is -2.15. The molecule has 1 N–H and O–H groups in total. The SMILES string of the molecule is CC(C)(C)[Si](C)(C)OC[C@H]1O[C@H](O)C(Cl)(Cl)[C@@H]1O[Si](C)(C)C(C)(C)C. The van der Waals surface area contributed by atoms with Crippen molar-refractivity contribution in [3.8, 4) is 0 Å². The number of ether oxygens (including phenoxy) is 1. The Morgan fingerprint density at radius 2 is 1.40 bits per heavy atom. The molecule has 1 aliphatic heterocycles. The van der Waals surface area contributed by atoms with Gasteiger partial charge in [-0.2, -0.15) is 0 Å². The van der Waals surface area contributed by atoms with Crippen LogP contribution < -0.4 is 0 Å². The fourth-order valence-corrected chi connectivity index (χ4v) is 4.96. The number of halogens is 2. The minimum Gasteiger partial charge on any atom is -0.414 e. The molecule has 0 spiro atoms. The summed E-state index contributed by atoms with van der Waals surface area (Å²) in [7, 11) is -4.10. The van der Waals surface area contributed by atoms with Gasteiger partial charge in [0.1, 0.15) is 12.2 Å². The van der Waals surface area contributed by atoms with Crippen LogP contribution in [0, 0.1) is 0 Å². The van der Waals surface area contributed by atoms with Crippen molar-refractivity contribution in [2.45, 2.75) is 101 Å². The van der Waals surface area contributed by atoms with Crippen molar-refractivity contribution in [2.24, 2.45) is 0 Å². The summed E-state index contributed by atoms with van der Waals surface area (Å²) in [6.07, 6.45) is -2.41. The summed E-state index contributed by atoms with van der Waals surface area (Å²) in [6.45, 7) is 21.9. The molecule has 1 aliphatic rings. The molecule has 150 valence electrons. The zero-order valence-corrected chi connectivity index (χ0v) is 20.9. The highest BCUT2D eigenvalue weighted by molar-refractivity contribution is 6.74.